The van der Waals surface area contributed by atoms with E-state index in [0.29, 0.717) is 54.4 Å². The fraction of sp³-hybridized carbons (Fsp3) is 0.513. The third kappa shape index (κ3) is 8.18. The first-order chi connectivity index (χ1) is 27.2. The van der Waals surface area contributed by atoms with Gasteiger partial charge in [0.25, 0.3) is 17.7 Å². The number of nitrogens with one attached hydrogen (secondary N) is 3. The van der Waals surface area contributed by atoms with Crippen LogP contribution in [-0.2, 0) is 9.59 Å². The third-order valence-corrected chi connectivity index (χ3v) is 11.7. The standard InChI is InChI=1S/C39H48F2N10O6/c1-24(2)51-23-39(40,41)35(55)47(3)29-22-42-36(45-32(29)51)43-28-9-8-25(21-30(28)57-4)33(53)46-49-18-13-38(14-19-49)11-16-48(17-12-38)34(54)26-6-5-7-27(20-26)50-15-10-31(52)44-37(50)56/h5-9,20-22,24,29,32H,10-19,23H2,1-4H3,(H,43,45)(H,46,53)(H,44,52,56). The molecule has 3 N–H and O–H groups in total. The zero-order valence-corrected chi connectivity index (χ0v) is 32.5. The highest BCUT2D eigenvalue weighted by molar-refractivity contribution is 6.06. The first kappa shape index (κ1) is 39.7. The Morgan fingerprint density at radius 1 is 0.965 bits per heavy atom. The lowest BCUT2D eigenvalue weighted by Crippen LogP contribution is -2.53. The Hall–Kier alpha value is -5.49. The molecular formula is C39H48F2N10O6. The quantitative estimate of drug-likeness (QED) is 0.381. The zero-order valence-electron chi connectivity index (χ0n) is 32.5. The van der Waals surface area contributed by atoms with Crippen LogP contribution in [0.1, 0.15) is 66.7 Å². The predicted molar refractivity (Wildman–Crippen MR) is 207 cm³/mol. The number of ether oxygens (including phenoxy) is 1. The molecule has 6 amide bonds. The van der Waals surface area contributed by atoms with Gasteiger partial charge >= 0.3 is 12.0 Å². The van der Waals surface area contributed by atoms with Crippen molar-refractivity contribution in [1.82, 2.24) is 30.5 Å². The van der Waals surface area contributed by atoms with Crippen molar-refractivity contribution in [2.45, 2.75) is 70.1 Å². The number of likely N-dealkylation sites (N-methyl/N-ethyl adjacent to an activating group) is 1. The number of amides is 6. The molecule has 5 aliphatic heterocycles. The number of alkyl halides is 2. The van der Waals surface area contributed by atoms with Crippen LogP contribution in [0.25, 0.3) is 0 Å². The molecule has 16 nitrogen and oxygen atoms in total. The minimum atomic E-state index is -3.57. The number of hydrazine groups is 1. The van der Waals surface area contributed by atoms with E-state index < -0.39 is 36.6 Å². The Bertz CT molecular complexity index is 1990. The monoisotopic (exact) mass is 790 g/mol. The van der Waals surface area contributed by atoms with E-state index >= 15 is 0 Å². The lowest BCUT2D eigenvalue weighted by Gasteiger charge is -2.46. The molecule has 0 radical (unpaired) electrons. The molecule has 0 saturated carbocycles. The van der Waals surface area contributed by atoms with Crippen molar-refractivity contribution in [2.24, 2.45) is 15.4 Å². The molecule has 0 aliphatic carbocycles. The largest absolute Gasteiger partial charge is 0.495 e. The summed E-state index contributed by atoms with van der Waals surface area (Å²) in [7, 11) is 2.80. The fourth-order valence-electron chi connectivity index (χ4n) is 8.21. The second-order valence-corrected chi connectivity index (χ2v) is 15.6. The van der Waals surface area contributed by atoms with Crippen LogP contribution in [0, 0.1) is 5.41 Å². The van der Waals surface area contributed by atoms with Crippen molar-refractivity contribution in [2.75, 3.05) is 63.6 Å². The van der Waals surface area contributed by atoms with Crippen LogP contribution in [0.4, 0.5) is 25.0 Å². The number of piperidine rings is 2. The molecule has 5 aliphatic rings. The van der Waals surface area contributed by atoms with E-state index in [1.165, 1.54) is 30.2 Å². The van der Waals surface area contributed by atoms with Gasteiger partial charge in [-0.3, -0.25) is 39.7 Å². The van der Waals surface area contributed by atoms with Crippen molar-refractivity contribution in [1.29, 1.82) is 0 Å². The van der Waals surface area contributed by atoms with Crippen LogP contribution in [0.15, 0.2) is 52.4 Å². The summed E-state index contributed by atoms with van der Waals surface area (Å²) in [6, 6.07) is 10.2. The lowest BCUT2D eigenvalue weighted by atomic mass is 9.71. The number of carbonyl (C=O) groups is 5. The van der Waals surface area contributed by atoms with Crippen LogP contribution in [0.3, 0.4) is 0 Å². The van der Waals surface area contributed by atoms with Gasteiger partial charge in [-0.15, -0.1) is 0 Å². The van der Waals surface area contributed by atoms with E-state index in [1.54, 1.807) is 56.3 Å². The molecule has 18 heteroatoms. The highest BCUT2D eigenvalue weighted by Crippen LogP contribution is 2.41. The van der Waals surface area contributed by atoms with Crippen molar-refractivity contribution in [3.63, 3.8) is 0 Å². The van der Waals surface area contributed by atoms with E-state index in [4.69, 9.17) is 4.74 Å². The van der Waals surface area contributed by atoms with Crippen LogP contribution >= 0.6 is 0 Å². The Balaban J connectivity index is 0.922. The highest BCUT2D eigenvalue weighted by Gasteiger charge is 2.52. The number of carbonyl (C=O) groups excluding carboxylic acids is 5. The average molecular weight is 791 g/mol. The molecule has 4 saturated heterocycles. The molecule has 7 rings (SSSR count). The molecule has 304 valence electrons. The number of hydrogen-bond acceptors (Lipinski definition) is 11. The zero-order chi connectivity index (χ0) is 40.6. The number of methoxy groups -OCH3 is 1. The molecule has 0 aromatic heterocycles. The van der Waals surface area contributed by atoms with E-state index in [1.807, 2.05) is 9.91 Å². The summed E-state index contributed by atoms with van der Waals surface area (Å²) in [6.07, 6.45) is 4.26. The summed E-state index contributed by atoms with van der Waals surface area (Å²) in [4.78, 5) is 78.1. The van der Waals surface area contributed by atoms with Crippen LogP contribution in [-0.4, -0.2) is 139 Å². The minimum absolute atomic E-state index is 0.0634. The Labute approximate surface area is 329 Å². The minimum Gasteiger partial charge on any atom is -0.495 e. The number of halogens is 2. The summed E-state index contributed by atoms with van der Waals surface area (Å²) in [6.45, 7) is 5.56. The number of anilines is 2. The number of urea groups is 1. The number of benzene rings is 2. The first-order valence-corrected chi connectivity index (χ1v) is 19.2. The van der Waals surface area contributed by atoms with Crippen molar-refractivity contribution in [3.8, 4) is 5.75 Å². The van der Waals surface area contributed by atoms with Crippen LogP contribution < -0.4 is 25.7 Å². The number of fused-ring (bicyclic) bond motifs is 1. The second-order valence-electron chi connectivity index (χ2n) is 15.6. The molecule has 57 heavy (non-hydrogen) atoms. The van der Waals surface area contributed by atoms with E-state index in [9.17, 15) is 32.8 Å². The van der Waals surface area contributed by atoms with E-state index in [2.05, 4.69) is 26.0 Å². The number of imide groups is 1. The number of guanidine groups is 1. The van der Waals surface area contributed by atoms with Gasteiger partial charge in [-0.1, -0.05) is 6.07 Å². The molecule has 4 fully saturated rings. The van der Waals surface area contributed by atoms with Crippen molar-refractivity contribution in [3.05, 3.63) is 53.6 Å². The van der Waals surface area contributed by atoms with Gasteiger partial charge in [0.05, 0.1) is 19.3 Å². The van der Waals surface area contributed by atoms with Crippen molar-refractivity contribution < 1.29 is 37.5 Å². The molecule has 2 aromatic carbocycles. The van der Waals surface area contributed by atoms with Gasteiger partial charge < -0.3 is 19.9 Å². The third-order valence-electron chi connectivity index (χ3n) is 11.7. The van der Waals surface area contributed by atoms with Gasteiger partial charge in [-0.05, 0) is 81.3 Å². The Kier molecular flexibility index (Phi) is 11.0. The van der Waals surface area contributed by atoms with E-state index in [-0.39, 0.29) is 48.1 Å². The van der Waals surface area contributed by atoms with Gasteiger partial charge in [0.15, 0.2) is 0 Å². The average Bonchev–Trinajstić information content (AvgIpc) is 3.27. The van der Waals surface area contributed by atoms with Crippen LogP contribution in [0.2, 0.25) is 0 Å². The van der Waals surface area contributed by atoms with Crippen molar-refractivity contribution >= 4 is 53.2 Å². The van der Waals surface area contributed by atoms with Gasteiger partial charge in [-0.25, -0.2) is 19.8 Å². The summed E-state index contributed by atoms with van der Waals surface area (Å²) < 4.78 is 35.1. The van der Waals surface area contributed by atoms with Gasteiger partial charge in [0, 0.05) is 75.3 Å². The predicted octanol–water partition coefficient (Wildman–Crippen LogP) is 3.17. The highest BCUT2D eigenvalue weighted by atomic mass is 19.3. The molecule has 2 atom stereocenters. The Morgan fingerprint density at radius 2 is 1.68 bits per heavy atom. The molecule has 0 bridgehead atoms. The number of aliphatic imine (C=N–C) groups is 2. The first-order valence-electron chi connectivity index (χ1n) is 19.2. The molecule has 5 heterocycles. The summed E-state index contributed by atoms with van der Waals surface area (Å²) in [5, 5.41) is 7.33. The topological polar surface area (TPSA) is 172 Å². The summed E-state index contributed by atoms with van der Waals surface area (Å²) in [5.41, 5.74) is 4.98. The summed E-state index contributed by atoms with van der Waals surface area (Å²) in [5.74, 6) is -5.06. The van der Waals surface area contributed by atoms with Gasteiger partial charge in [0.1, 0.15) is 18.0 Å². The lowest BCUT2D eigenvalue weighted by molar-refractivity contribution is -0.155. The fourth-order valence-corrected chi connectivity index (χ4v) is 8.21. The molecular weight excluding hydrogens is 742 g/mol. The SMILES string of the molecule is COc1cc(C(=O)NN2CCC3(CC2)CCN(C(=O)c2cccc(N4CCC(=O)NC4=O)c2)CC3)ccc1NC1=NC2C(C=N1)N(C)C(=O)C(F)(F)CN2C(C)C. The molecule has 2 unspecified atom stereocenters. The maximum absolute atomic E-state index is 14.8. The smallest absolute Gasteiger partial charge is 0.337 e. The Morgan fingerprint density at radius 3 is 2.37 bits per heavy atom. The van der Waals surface area contributed by atoms with Crippen LogP contribution in [0.5, 0.6) is 5.75 Å². The number of likely N-dealkylation sites (tertiary alicyclic amines) is 1. The molecule has 1 spiro atoms. The normalized spacial score (nSPS) is 23.8. The molecule has 2 aromatic rings. The number of hydrogen-bond donors (Lipinski definition) is 3. The number of nitrogens with zero attached hydrogens (tertiary/aromatic N) is 7. The maximum Gasteiger partial charge on any atom is 0.337 e. The van der Waals surface area contributed by atoms with Gasteiger partial charge in [-0.2, -0.15) is 8.78 Å². The van der Waals surface area contributed by atoms with E-state index in [0.717, 1.165) is 30.6 Å². The summed E-state index contributed by atoms with van der Waals surface area (Å²) >= 11 is 0. The maximum atomic E-state index is 14.8. The van der Waals surface area contributed by atoms with Gasteiger partial charge in [0.2, 0.25) is 11.9 Å². The number of rotatable bonds is 7. The second kappa shape index (κ2) is 15.8.